The zero-order valence-corrected chi connectivity index (χ0v) is 12.0. The standard InChI is InChI=1S/C16H16F3NO2/c1-8-9(16(17,18)19)3-2-4-11(8)20-14(21)15-7-10(15)12-5-6-13(15)22-12/h2-4,10,12-13H,5-7H2,1H3,(H,20,21). The van der Waals surface area contributed by atoms with E-state index in [1.165, 1.54) is 19.1 Å². The van der Waals surface area contributed by atoms with Crippen LogP contribution in [0.1, 0.15) is 30.4 Å². The highest BCUT2D eigenvalue weighted by atomic mass is 19.4. The number of amides is 1. The molecule has 2 heterocycles. The van der Waals surface area contributed by atoms with Crippen molar-refractivity contribution in [3.63, 3.8) is 0 Å². The van der Waals surface area contributed by atoms with Crippen LogP contribution < -0.4 is 5.32 Å². The van der Waals surface area contributed by atoms with E-state index in [1.54, 1.807) is 0 Å². The van der Waals surface area contributed by atoms with E-state index in [1.807, 2.05) is 0 Å². The molecular weight excluding hydrogens is 295 g/mol. The van der Waals surface area contributed by atoms with Gasteiger partial charge in [0, 0.05) is 11.6 Å². The van der Waals surface area contributed by atoms with Crippen molar-refractivity contribution in [2.24, 2.45) is 11.3 Å². The highest BCUT2D eigenvalue weighted by molar-refractivity contribution is 5.99. The molecule has 0 spiro atoms. The van der Waals surface area contributed by atoms with Crippen LogP contribution in [0.4, 0.5) is 18.9 Å². The normalized spacial score (nSPS) is 35.4. The van der Waals surface area contributed by atoms with Crippen molar-refractivity contribution in [2.75, 3.05) is 5.32 Å². The van der Waals surface area contributed by atoms with Gasteiger partial charge in [0.2, 0.25) is 5.91 Å². The maximum atomic E-state index is 12.9. The van der Waals surface area contributed by atoms with Crippen molar-refractivity contribution >= 4 is 11.6 Å². The minimum absolute atomic E-state index is 0.0565. The quantitative estimate of drug-likeness (QED) is 0.907. The number of benzene rings is 1. The molecule has 1 aliphatic carbocycles. The number of nitrogens with one attached hydrogen (secondary N) is 1. The molecule has 0 radical (unpaired) electrons. The molecule has 3 nitrogen and oxygen atoms in total. The number of alkyl halides is 3. The topological polar surface area (TPSA) is 38.3 Å². The summed E-state index contributed by atoms with van der Waals surface area (Å²) in [6, 6.07) is 3.87. The monoisotopic (exact) mass is 311 g/mol. The molecule has 1 aromatic rings. The average molecular weight is 311 g/mol. The fourth-order valence-corrected chi connectivity index (χ4v) is 4.20. The van der Waals surface area contributed by atoms with E-state index in [0.717, 1.165) is 25.3 Å². The number of rotatable bonds is 2. The van der Waals surface area contributed by atoms with Gasteiger partial charge in [-0.15, -0.1) is 0 Å². The third kappa shape index (κ3) is 1.76. The van der Waals surface area contributed by atoms with Crippen LogP contribution in [0.2, 0.25) is 0 Å². The molecule has 4 rings (SSSR count). The maximum absolute atomic E-state index is 12.9. The highest BCUT2D eigenvalue weighted by Crippen LogP contribution is 2.68. The lowest BCUT2D eigenvalue weighted by atomic mass is 9.87. The Morgan fingerprint density at radius 1 is 1.36 bits per heavy atom. The number of halogens is 3. The Hall–Kier alpha value is -1.56. The first kappa shape index (κ1) is 14.1. The first-order valence-corrected chi connectivity index (χ1v) is 7.48. The van der Waals surface area contributed by atoms with Gasteiger partial charge in [-0.2, -0.15) is 13.2 Å². The van der Waals surface area contributed by atoms with Crippen molar-refractivity contribution in [3.05, 3.63) is 29.3 Å². The Balaban J connectivity index is 1.59. The third-order valence-electron chi connectivity index (χ3n) is 5.45. The van der Waals surface area contributed by atoms with Gasteiger partial charge in [-0.05, 0) is 43.9 Å². The van der Waals surface area contributed by atoms with Gasteiger partial charge in [0.1, 0.15) is 0 Å². The molecule has 1 saturated carbocycles. The summed E-state index contributed by atoms with van der Waals surface area (Å²) in [4.78, 5) is 12.6. The van der Waals surface area contributed by atoms with Crippen LogP contribution in [-0.4, -0.2) is 18.1 Å². The molecule has 1 N–H and O–H groups in total. The van der Waals surface area contributed by atoms with Gasteiger partial charge in [-0.3, -0.25) is 4.79 Å². The molecule has 3 aliphatic rings. The van der Waals surface area contributed by atoms with Crippen LogP contribution in [0.15, 0.2) is 18.2 Å². The summed E-state index contributed by atoms with van der Waals surface area (Å²) in [5.74, 6) is 0.0597. The first-order valence-electron chi connectivity index (χ1n) is 7.48. The van der Waals surface area contributed by atoms with E-state index in [-0.39, 0.29) is 35.3 Å². The second-order valence-electron chi connectivity index (χ2n) is 6.52. The zero-order valence-electron chi connectivity index (χ0n) is 12.0. The summed E-state index contributed by atoms with van der Waals surface area (Å²) in [6.45, 7) is 1.39. The van der Waals surface area contributed by atoms with E-state index < -0.39 is 17.2 Å². The lowest BCUT2D eigenvalue weighted by Gasteiger charge is -2.21. The number of hydrogen-bond donors (Lipinski definition) is 1. The fourth-order valence-electron chi connectivity index (χ4n) is 4.20. The second-order valence-corrected chi connectivity index (χ2v) is 6.52. The number of carbonyl (C=O) groups is 1. The van der Waals surface area contributed by atoms with Gasteiger partial charge >= 0.3 is 6.18 Å². The Bertz CT molecular complexity index is 657. The van der Waals surface area contributed by atoms with Gasteiger partial charge in [0.25, 0.3) is 0 Å². The molecule has 6 heteroatoms. The smallest absolute Gasteiger partial charge is 0.374 e. The molecule has 118 valence electrons. The summed E-state index contributed by atoms with van der Waals surface area (Å²) in [6.07, 6.45) is -1.65. The van der Waals surface area contributed by atoms with Gasteiger partial charge in [0.05, 0.1) is 23.2 Å². The molecule has 1 aromatic carbocycles. The number of fused-ring (bicyclic) bond motifs is 5. The Morgan fingerprint density at radius 3 is 2.77 bits per heavy atom. The second kappa shape index (κ2) is 4.25. The zero-order chi connectivity index (χ0) is 15.7. The fraction of sp³-hybridized carbons (Fsp3) is 0.562. The molecule has 3 fully saturated rings. The average Bonchev–Trinajstić information content (AvgIpc) is 2.95. The van der Waals surface area contributed by atoms with Crippen LogP contribution in [0, 0.1) is 18.3 Å². The molecule has 0 aromatic heterocycles. The molecule has 2 saturated heterocycles. The molecule has 1 amide bonds. The molecule has 4 unspecified atom stereocenters. The number of ether oxygens (including phenoxy) is 1. The van der Waals surface area contributed by atoms with Crippen molar-refractivity contribution in [2.45, 2.75) is 44.6 Å². The minimum atomic E-state index is -4.42. The Kier molecular flexibility index (Phi) is 2.72. The van der Waals surface area contributed by atoms with E-state index in [4.69, 9.17) is 4.74 Å². The lowest BCUT2D eigenvalue weighted by Crippen LogP contribution is -2.34. The number of hydrogen-bond acceptors (Lipinski definition) is 2. The van der Waals surface area contributed by atoms with Crippen molar-refractivity contribution in [3.8, 4) is 0 Å². The third-order valence-corrected chi connectivity index (χ3v) is 5.45. The van der Waals surface area contributed by atoms with E-state index in [0.29, 0.717) is 0 Å². The lowest BCUT2D eigenvalue weighted by molar-refractivity contribution is -0.138. The molecule has 4 atom stereocenters. The molecular formula is C16H16F3NO2. The molecule has 22 heavy (non-hydrogen) atoms. The van der Waals surface area contributed by atoms with Crippen molar-refractivity contribution in [1.29, 1.82) is 0 Å². The van der Waals surface area contributed by atoms with E-state index >= 15 is 0 Å². The largest absolute Gasteiger partial charge is 0.416 e. The van der Waals surface area contributed by atoms with Crippen LogP contribution in [0.25, 0.3) is 0 Å². The van der Waals surface area contributed by atoms with Crippen LogP contribution in [0.3, 0.4) is 0 Å². The Morgan fingerprint density at radius 2 is 2.14 bits per heavy atom. The summed E-state index contributed by atoms with van der Waals surface area (Å²) in [5, 5.41) is 2.71. The predicted octanol–water partition coefficient (Wildman–Crippen LogP) is 3.52. The molecule has 2 aliphatic heterocycles. The van der Waals surface area contributed by atoms with Crippen LogP contribution in [-0.2, 0) is 15.7 Å². The summed E-state index contributed by atoms with van der Waals surface area (Å²) >= 11 is 0. The van der Waals surface area contributed by atoms with Gasteiger partial charge in [0.15, 0.2) is 0 Å². The van der Waals surface area contributed by atoms with Crippen molar-refractivity contribution in [1.82, 2.24) is 0 Å². The highest BCUT2D eigenvalue weighted by Gasteiger charge is 2.74. The Labute approximate surface area is 125 Å². The van der Waals surface area contributed by atoms with Crippen molar-refractivity contribution < 1.29 is 22.7 Å². The number of carbonyl (C=O) groups excluding carboxylic acids is 1. The van der Waals surface area contributed by atoms with Gasteiger partial charge in [-0.25, -0.2) is 0 Å². The summed E-state index contributed by atoms with van der Waals surface area (Å²) < 4.78 is 44.6. The first-order chi connectivity index (χ1) is 10.3. The van der Waals surface area contributed by atoms with E-state index in [2.05, 4.69) is 5.32 Å². The van der Waals surface area contributed by atoms with Gasteiger partial charge in [-0.1, -0.05) is 6.07 Å². The van der Waals surface area contributed by atoms with E-state index in [9.17, 15) is 18.0 Å². The van der Waals surface area contributed by atoms with Gasteiger partial charge < -0.3 is 10.1 Å². The molecule has 2 bridgehead atoms. The SMILES string of the molecule is Cc1c(NC(=O)C23CC2C2CCC3O2)cccc1C(F)(F)F. The summed E-state index contributed by atoms with van der Waals surface area (Å²) in [7, 11) is 0. The minimum Gasteiger partial charge on any atom is -0.374 e. The number of anilines is 1. The predicted molar refractivity (Wildman–Crippen MR) is 73.2 cm³/mol. The maximum Gasteiger partial charge on any atom is 0.416 e. The summed E-state index contributed by atoms with van der Waals surface area (Å²) in [5.41, 5.74) is -0.910. The van der Waals surface area contributed by atoms with Crippen LogP contribution >= 0.6 is 0 Å². The van der Waals surface area contributed by atoms with Crippen LogP contribution in [0.5, 0.6) is 0 Å².